The molecule has 4 aromatic rings. The first-order chi connectivity index (χ1) is 19.6. The van der Waals surface area contributed by atoms with Crippen molar-refractivity contribution in [2.45, 2.75) is 80.6 Å². The second-order valence-corrected chi connectivity index (χ2v) is 12.3. The van der Waals surface area contributed by atoms with Gasteiger partial charge in [0.05, 0.1) is 5.76 Å². The van der Waals surface area contributed by atoms with E-state index in [4.69, 9.17) is 4.74 Å². The van der Waals surface area contributed by atoms with Gasteiger partial charge in [-0.25, -0.2) is 0 Å². The van der Waals surface area contributed by atoms with E-state index < -0.39 is 0 Å². The second kappa shape index (κ2) is 14.4. The Balaban J connectivity index is 0.000000263. The number of nitrogens with zero attached hydrogens (tertiary/aromatic N) is 1. The molecule has 2 heterocycles. The minimum Gasteiger partial charge on any atom is -0.512 e. The van der Waals surface area contributed by atoms with E-state index in [1.54, 1.807) is 0 Å². The summed E-state index contributed by atoms with van der Waals surface area (Å²) >= 11 is 0. The van der Waals surface area contributed by atoms with Crippen LogP contribution in [-0.4, -0.2) is 15.9 Å². The van der Waals surface area contributed by atoms with Crippen molar-refractivity contribution in [1.29, 1.82) is 0 Å². The number of pyridine rings is 1. The minimum atomic E-state index is 0. The molecular formula is C37H44IrNO3-. The van der Waals surface area contributed by atoms with Gasteiger partial charge in [0.15, 0.2) is 5.78 Å². The summed E-state index contributed by atoms with van der Waals surface area (Å²) in [5.41, 5.74) is 4.83. The fourth-order valence-electron chi connectivity index (χ4n) is 5.69. The minimum absolute atomic E-state index is 0. The third-order valence-corrected chi connectivity index (χ3v) is 7.98. The Hall–Kier alpha value is -3.01. The van der Waals surface area contributed by atoms with Crippen LogP contribution in [0.3, 0.4) is 0 Å². The number of benzene rings is 3. The number of fused-ring (bicyclic) bond motifs is 4. The van der Waals surface area contributed by atoms with Crippen LogP contribution < -0.4 is 4.74 Å². The summed E-state index contributed by atoms with van der Waals surface area (Å²) in [6, 6.07) is 20.2. The first-order valence-corrected chi connectivity index (χ1v) is 15.1. The van der Waals surface area contributed by atoms with E-state index in [1.807, 2.05) is 46.0 Å². The predicted molar refractivity (Wildman–Crippen MR) is 171 cm³/mol. The average Bonchev–Trinajstić information content (AvgIpc) is 2.94. The molecule has 225 valence electrons. The number of hydrogen-bond donors (Lipinski definition) is 1. The van der Waals surface area contributed by atoms with Crippen LogP contribution in [0, 0.1) is 23.3 Å². The quantitative estimate of drug-likeness (QED) is 0.0744. The molecule has 0 unspecified atom stereocenters. The molecular weight excluding hydrogens is 699 g/mol. The van der Waals surface area contributed by atoms with Crippen molar-refractivity contribution < 1.29 is 34.7 Å². The van der Waals surface area contributed by atoms with Gasteiger partial charge in [0.25, 0.3) is 0 Å². The van der Waals surface area contributed by atoms with Gasteiger partial charge in [-0.2, -0.15) is 0 Å². The normalized spacial score (nSPS) is 12.5. The summed E-state index contributed by atoms with van der Waals surface area (Å²) in [6.45, 7) is 14.9. The summed E-state index contributed by atoms with van der Waals surface area (Å²) < 4.78 is 6.36. The Morgan fingerprint density at radius 1 is 0.952 bits per heavy atom. The number of ketones is 1. The van der Waals surface area contributed by atoms with Crippen LogP contribution in [0.25, 0.3) is 32.8 Å². The molecule has 0 aliphatic carbocycles. The molecule has 0 bridgehead atoms. The van der Waals surface area contributed by atoms with E-state index >= 15 is 0 Å². The fraction of sp³-hybridized carbons (Fsp3) is 0.405. The maximum absolute atomic E-state index is 11.7. The summed E-state index contributed by atoms with van der Waals surface area (Å²) in [4.78, 5) is 16.4. The van der Waals surface area contributed by atoms with Crippen molar-refractivity contribution in [2.75, 3.05) is 0 Å². The molecule has 0 fully saturated rings. The second-order valence-electron chi connectivity index (χ2n) is 12.3. The monoisotopic (exact) mass is 743 g/mol. The first kappa shape index (κ1) is 33.5. The number of aliphatic hydroxyl groups is 1. The van der Waals surface area contributed by atoms with Gasteiger partial charge in [0.2, 0.25) is 0 Å². The number of rotatable bonds is 8. The van der Waals surface area contributed by atoms with Gasteiger partial charge >= 0.3 is 0 Å². The van der Waals surface area contributed by atoms with Gasteiger partial charge < -0.3 is 14.8 Å². The van der Waals surface area contributed by atoms with Crippen molar-refractivity contribution in [1.82, 2.24) is 4.98 Å². The Kier molecular flexibility index (Phi) is 11.5. The Labute approximate surface area is 264 Å². The first-order valence-electron chi connectivity index (χ1n) is 15.1. The molecule has 42 heavy (non-hydrogen) atoms. The molecule has 0 amide bonds. The molecule has 3 aromatic carbocycles. The van der Waals surface area contributed by atoms with E-state index in [1.165, 1.54) is 17.2 Å². The van der Waals surface area contributed by atoms with Crippen LogP contribution in [0.2, 0.25) is 0 Å². The molecule has 5 rings (SSSR count). The molecule has 5 heteroatoms. The smallest absolute Gasteiger partial charge is 0.162 e. The molecule has 1 aromatic heterocycles. The van der Waals surface area contributed by atoms with Crippen molar-refractivity contribution in [3.05, 3.63) is 78.2 Å². The molecule has 1 radical (unpaired) electrons. The number of allylic oxidation sites excluding steroid dienone is 2. The number of carbonyl (C=O) groups excluding carboxylic acids is 1. The largest absolute Gasteiger partial charge is 0.512 e. The molecule has 0 spiro atoms. The van der Waals surface area contributed by atoms with Crippen molar-refractivity contribution >= 4 is 27.5 Å². The Morgan fingerprint density at radius 2 is 1.64 bits per heavy atom. The summed E-state index contributed by atoms with van der Waals surface area (Å²) in [5.74, 6) is 2.37. The summed E-state index contributed by atoms with van der Waals surface area (Å²) in [5, 5.41) is 13.0. The molecule has 1 N–H and O–H groups in total. The van der Waals surface area contributed by atoms with Crippen LogP contribution in [0.15, 0.2) is 66.6 Å². The van der Waals surface area contributed by atoms with Gasteiger partial charge in [0.1, 0.15) is 11.5 Å². The van der Waals surface area contributed by atoms with Crippen molar-refractivity contribution in [3.63, 3.8) is 0 Å². The average molecular weight is 743 g/mol. The topological polar surface area (TPSA) is 59.4 Å². The Morgan fingerprint density at radius 3 is 2.29 bits per heavy atom. The fourth-order valence-corrected chi connectivity index (χ4v) is 5.69. The molecule has 4 nitrogen and oxygen atoms in total. The zero-order chi connectivity index (χ0) is 29.7. The van der Waals surface area contributed by atoms with E-state index in [9.17, 15) is 9.90 Å². The van der Waals surface area contributed by atoms with E-state index in [0.29, 0.717) is 0 Å². The van der Waals surface area contributed by atoms with E-state index in [2.05, 4.69) is 68.2 Å². The van der Waals surface area contributed by atoms with Crippen LogP contribution in [0.5, 0.6) is 11.5 Å². The molecule has 0 saturated heterocycles. The van der Waals surface area contributed by atoms with E-state index in [-0.39, 0.29) is 48.9 Å². The number of aromatic nitrogens is 1. The summed E-state index contributed by atoms with van der Waals surface area (Å²) in [7, 11) is 0. The number of carbonyl (C=O) groups is 1. The van der Waals surface area contributed by atoms with Gasteiger partial charge in [-0.15, -0.1) is 35.0 Å². The van der Waals surface area contributed by atoms with Gasteiger partial charge in [-0.3, -0.25) is 4.79 Å². The zero-order valence-electron chi connectivity index (χ0n) is 26.0. The third kappa shape index (κ3) is 7.49. The third-order valence-electron chi connectivity index (χ3n) is 7.98. The van der Waals surface area contributed by atoms with Gasteiger partial charge in [-0.05, 0) is 60.8 Å². The zero-order valence-corrected chi connectivity index (χ0v) is 28.4. The molecule has 0 saturated carbocycles. The maximum Gasteiger partial charge on any atom is 0.162 e. The van der Waals surface area contributed by atoms with Gasteiger partial charge in [0, 0.05) is 60.7 Å². The number of ether oxygens (including phenoxy) is 1. The van der Waals surface area contributed by atoms with Crippen LogP contribution in [0.4, 0.5) is 0 Å². The molecule has 0 atom stereocenters. The number of hydrogen-bond acceptors (Lipinski definition) is 4. The van der Waals surface area contributed by atoms with Crippen molar-refractivity contribution in [2.24, 2.45) is 17.3 Å². The molecule has 1 aliphatic heterocycles. The SMILES string of the molecule is CC(C)(C)Cc1ccc2c(c1)Oc1cc3ccc[c-]c3c3nccc-2c13.CCC(CC)C(=O)/C=C(\O)C(CC)CC.[Ir]. The maximum atomic E-state index is 11.7. The standard InChI is InChI=1S/C24H20NO.C13H24O2.Ir/c1-24(2,3)14-15-8-9-18-19-10-11-25-23-17-7-5-4-6-16(17)13-21(22(19)23)26-20(18)12-15;1-5-10(6-2)12(14)9-13(15)11(7-3)8-4;/h4-6,8-13H,14H2,1-3H3;9-11,14H,5-8H2,1-4H3;/q-1;;/b;12-9-;. The van der Waals surface area contributed by atoms with Crippen LogP contribution in [0.1, 0.15) is 79.7 Å². The van der Waals surface area contributed by atoms with Crippen LogP contribution >= 0.6 is 0 Å². The predicted octanol–water partition coefficient (Wildman–Crippen LogP) is 10.4. The van der Waals surface area contributed by atoms with Crippen molar-refractivity contribution in [3.8, 4) is 22.6 Å². The molecule has 1 aliphatic rings. The summed E-state index contributed by atoms with van der Waals surface area (Å²) in [6.07, 6.45) is 7.82. The van der Waals surface area contributed by atoms with Crippen LogP contribution in [-0.2, 0) is 31.3 Å². The number of aliphatic hydroxyl groups excluding tert-OH is 1. The Bertz CT molecular complexity index is 1560. The van der Waals surface area contributed by atoms with Gasteiger partial charge in [-0.1, -0.05) is 66.7 Å². The van der Waals surface area contributed by atoms with E-state index in [0.717, 1.165) is 70.8 Å².